The van der Waals surface area contributed by atoms with Crippen LogP contribution in [0.3, 0.4) is 0 Å². The third kappa shape index (κ3) is 10.4. The van der Waals surface area contributed by atoms with Crippen molar-refractivity contribution in [1.82, 2.24) is 10.6 Å². The standard InChI is InChI=1S/C13H29N3O2/c1-5-14-13(16-12(2)11-18-4)15-9-7-6-8-10-17-3/h12H,5-11H2,1-4H3,(H2,14,15,16). The lowest BCUT2D eigenvalue weighted by Gasteiger charge is -2.16. The van der Waals surface area contributed by atoms with E-state index in [1.54, 1.807) is 14.2 Å². The second-order valence-corrected chi connectivity index (χ2v) is 4.31. The van der Waals surface area contributed by atoms with E-state index in [1.807, 2.05) is 0 Å². The summed E-state index contributed by atoms with van der Waals surface area (Å²) < 4.78 is 10.1. The SMILES string of the molecule is CCNC(=NCCCCCOC)NC(C)COC. The highest BCUT2D eigenvalue weighted by atomic mass is 16.5. The number of nitrogens with one attached hydrogen (secondary N) is 2. The van der Waals surface area contributed by atoms with E-state index >= 15 is 0 Å². The van der Waals surface area contributed by atoms with Crippen LogP contribution in [0.15, 0.2) is 4.99 Å². The molecule has 0 rings (SSSR count). The first-order valence-electron chi connectivity index (χ1n) is 6.77. The number of methoxy groups -OCH3 is 2. The van der Waals surface area contributed by atoms with Crippen LogP contribution in [0.2, 0.25) is 0 Å². The number of aliphatic imine (C=N–C) groups is 1. The fourth-order valence-electron chi connectivity index (χ4n) is 1.57. The molecule has 0 heterocycles. The first-order chi connectivity index (χ1) is 8.74. The van der Waals surface area contributed by atoms with Gasteiger partial charge in [-0.15, -0.1) is 0 Å². The Morgan fingerprint density at radius 1 is 1.17 bits per heavy atom. The zero-order chi connectivity index (χ0) is 13.6. The topological polar surface area (TPSA) is 54.9 Å². The lowest BCUT2D eigenvalue weighted by atomic mass is 10.2. The number of ether oxygens (including phenoxy) is 2. The molecule has 108 valence electrons. The fraction of sp³-hybridized carbons (Fsp3) is 0.923. The van der Waals surface area contributed by atoms with Gasteiger partial charge in [0.25, 0.3) is 0 Å². The van der Waals surface area contributed by atoms with E-state index in [0.29, 0.717) is 6.61 Å². The van der Waals surface area contributed by atoms with E-state index in [2.05, 4.69) is 29.5 Å². The van der Waals surface area contributed by atoms with Gasteiger partial charge in [-0.25, -0.2) is 0 Å². The van der Waals surface area contributed by atoms with E-state index in [-0.39, 0.29) is 6.04 Å². The molecule has 1 atom stereocenters. The zero-order valence-electron chi connectivity index (χ0n) is 12.3. The molecule has 0 aromatic carbocycles. The van der Waals surface area contributed by atoms with Crippen molar-refractivity contribution in [1.29, 1.82) is 0 Å². The summed E-state index contributed by atoms with van der Waals surface area (Å²) in [6.45, 7) is 7.38. The molecule has 0 spiro atoms. The first-order valence-corrected chi connectivity index (χ1v) is 6.77. The molecule has 0 fully saturated rings. The molecule has 0 saturated carbocycles. The van der Waals surface area contributed by atoms with E-state index < -0.39 is 0 Å². The Morgan fingerprint density at radius 3 is 2.56 bits per heavy atom. The Labute approximate surface area is 111 Å². The Bertz CT molecular complexity index is 210. The number of guanidine groups is 1. The van der Waals surface area contributed by atoms with Gasteiger partial charge < -0.3 is 20.1 Å². The summed E-state index contributed by atoms with van der Waals surface area (Å²) in [6.07, 6.45) is 3.36. The van der Waals surface area contributed by atoms with Gasteiger partial charge in [-0.1, -0.05) is 0 Å². The third-order valence-electron chi connectivity index (χ3n) is 2.42. The second-order valence-electron chi connectivity index (χ2n) is 4.31. The highest BCUT2D eigenvalue weighted by Crippen LogP contribution is 1.95. The molecule has 0 amide bonds. The maximum atomic E-state index is 5.09. The van der Waals surface area contributed by atoms with Crippen molar-refractivity contribution in [2.24, 2.45) is 4.99 Å². The van der Waals surface area contributed by atoms with Crippen molar-refractivity contribution >= 4 is 5.96 Å². The highest BCUT2D eigenvalue weighted by Gasteiger charge is 2.03. The Hall–Kier alpha value is -0.810. The van der Waals surface area contributed by atoms with Gasteiger partial charge in [0.2, 0.25) is 0 Å². The molecule has 2 N–H and O–H groups in total. The quantitative estimate of drug-likeness (QED) is 0.354. The normalized spacial score (nSPS) is 13.4. The van der Waals surface area contributed by atoms with Crippen LogP contribution in [0.5, 0.6) is 0 Å². The van der Waals surface area contributed by atoms with E-state index in [9.17, 15) is 0 Å². The number of hydrogen-bond donors (Lipinski definition) is 2. The van der Waals surface area contributed by atoms with Gasteiger partial charge in [0, 0.05) is 40.0 Å². The van der Waals surface area contributed by atoms with Gasteiger partial charge in [-0.3, -0.25) is 4.99 Å². The number of rotatable bonds is 10. The third-order valence-corrected chi connectivity index (χ3v) is 2.42. The van der Waals surface area contributed by atoms with Crippen molar-refractivity contribution in [2.75, 3.05) is 40.5 Å². The lowest BCUT2D eigenvalue weighted by Crippen LogP contribution is -2.44. The van der Waals surface area contributed by atoms with Crippen molar-refractivity contribution in [2.45, 2.75) is 39.2 Å². The molecule has 1 unspecified atom stereocenters. The Morgan fingerprint density at radius 2 is 1.94 bits per heavy atom. The summed E-state index contributed by atoms with van der Waals surface area (Å²) in [5, 5.41) is 6.54. The minimum Gasteiger partial charge on any atom is -0.385 e. The molecule has 18 heavy (non-hydrogen) atoms. The van der Waals surface area contributed by atoms with Crippen LogP contribution in [0.25, 0.3) is 0 Å². The molecule has 5 heteroatoms. The highest BCUT2D eigenvalue weighted by molar-refractivity contribution is 5.80. The van der Waals surface area contributed by atoms with Crippen LogP contribution in [0, 0.1) is 0 Å². The molecule has 0 radical (unpaired) electrons. The maximum absolute atomic E-state index is 5.09. The molecule has 0 aliphatic carbocycles. The van der Waals surface area contributed by atoms with Crippen molar-refractivity contribution in [3.05, 3.63) is 0 Å². The average Bonchev–Trinajstić information content (AvgIpc) is 2.34. The Kier molecular flexibility index (Phi) is 12.1. The van der Waals surface area contributed by atoms with Crippen molar-refractivity contribution in [3.8, 4) is 0 Å². The van der Waals surface area contributed by atoms with Gasteiger partial charge >= 0.3 is 0 Å². The molecule has 0 saturated heterocycles. The molecule has 0 aromatic heterocycles. The van der Waals surface area contributed by atoms with E-state index in [4.69, 9.17) is 9.47 Å². The minimum absolute atomic E-state index is 0.265. The van der Waals surface area contributed by atoms with Crippen molar-refractivity contribution < 1.29 is 9.47 Å². The Balaban J connectivity index is 3.84. The maximum Gasteiger partial charge on any atom is 0.191 e. The summed E-state index contributed by atoms with van der Waals surface area (Å²) >= 11 is 0. The summed E-state index contributed by atoms with van der Waals surface area (Å²) in [4.78, 5) is 4.53. The van der Waals surface area contributed by atoms with Crippen LogP contribution < -0.4 is 10.6 Å². The average molecular weight is 259 g/mol. The summed E-state index contributed by atoms with van der Waals surface area (Å²) in [6, 6.07) is 0.265. The van der Waals surface area contributed by atoms with Crippen LogP contribution >= 0.6 is 0 Å². The molecule has 0 bridgehead atoms. The largest absolute Gasteiger partial charge is 0.385 e. The van der Waals surface area contributed by atoms with Crippen molar-refractivity contribution in [3.63, 3.8) is 0 Å². The summed E-state index contributed by atoms with van der Waals surface area (Å²) in [7, 11) is 3.45. The molecule has 5 nitrogen and oxygen atoms in total. The number of unbranched alkanes of at least 4 members (excludes halogenated alkanes) is 2. The van der Waals surface area contributed by atoms with Gasteiger partial charge in [0.05, 0.1) is 6.61 Å². The molecular formula is C13H29N3O2. The zero-order valence-corrected chi connectivity index (χ0v) is 12.3. The van der Waals surface area contributed by atoms with Crippen LogP contribution in [0.1, 0.15) is 33.1 Å². The smallest absolute Gasteiger partial charge is 0.191 e. The van der Waals surface area contributed by atoms with Crippen LogP contribution in [-0.2, 0) is 9.47 Å². The van der Waals surface area contributed by atoms with Crippen LogP contribution in [-0.4, -0.2) is 52.5 Å². The number of hydrogen-bond acceptors (Lipinski definition) is 3. The fourth-order valence-corrected chi connectivity index (χ4v) is 1.57. The summed E-state index contributed by atoms with van der Waals surface area (Å²) in [5.74, 6) is 0.869. The molecule has 0 aliphatic heterocycles. The number of nitrogens with zero attached hydrogens (tertiary/aromatic N) is 1. The summed E-state index contributed by atoms with van der Waals surface area (Å²) in [5.41, 5.74) is 0. The van der Waals surface area contributed by atoms with Gasteiger partial charge in [0.1, 0.15) is 0 Å². The minimum atomic E-state index is 0.265. The molecule has 0 aliphatic rings. The van der Waals surface area contributed by atoms with Crippen LogP contribution in [0.4, 0.5) is 0 Å². The molecular weight excluding hydrogens is 230 g/mol. The monoisotopic (exact) mass is 259 g/mol. The second kappa shape index (κ2) is 12.6. The predicted molar refractivity (Wildman–Crippen MR) is 76.2 cm³/mol. The van der Waals surface area contributed by atoms with Gasteiger partial charge in [0.15, 0.2) is 5.96 Å². The lowest BCUT2D eigenvalue weighted by molar-refractivity contribution is 0.179. The van der Waals surface area contributed by atoms with Gasteiger partial charge in [-0.05, 0) is 33.1 Å². The van der Waals surface area contributed by atoms with E-state index in [0.717, 1.165) is 44.9 Å². The first kappa shape index (κ1) is 17.2. The predicted octanol–water partition coefficient (Wildman–Crippen LogP) is 1.39. The van der Waals surface area contributed by atoms with E-state index in [1.165, 1.54) is 0 Å². The van der Waals surface area contributed by atoms with Gasteiger partial charge in [-0.2, -0.15) is 0 Å². The molecule has 0 aromatic rings.